The maximum absolute atomic E-state index is 6.01. The second-order valence-electron chi connectivity index (χ2n) is 4.93. The molecule has 3 heteroatoms. The van der Waals surface area contributed by atoms with Crippen molar-refractivity contribution in [2.45, 2.75) is 51.1 Å². The number of benzene rings is 1. The van der Waals surface area contributed by atoms with E-state index in [0.717, 1.165) is 6.54 Å². The zero-order chi connectivity index (χ0) is 12.1. The van der Waals surface area contributed by atoms with Crippen molar-refractivity contribution in [1.29, 1.82) is 0 Å². The fourth-order valence-electron chi connectivity index (χ4n) is 2.43. The number of nitrogen functional groups attached to an aromatic ring is 1. The first kappa shape index (κ1) is 12.7. The number of hydrogen-bond donors (Lipinski definition) is 2. The van der Waals surface area contributed by atoms with Crippen molar-refractivity contribution >= 4 is 17.3 Å². The van der Waals surface area contributed by atoms with Crippen LogP contribution in [0, 0.1) is 0 Å². The summed E-state index contributed by atoms with van der Waals surface area (Å²) in [7, 11) is 0. The van der Waals surface area contributed by atoms with Crippen LogP contribution in [0.4, 0.5) is 5.69 Å². The van der Waals surface area contributed by atoms with E-state index in [2.05, 4.69) is 5.32 Å². The van der Waals surface area contributed by atoms with Gasteiger partial charge >= 0.3 is 0 Å². The van der Waals surface area contributed by atoms with E-state index >= 15 is 0 Å². The van der Waals surface area contributed by atoms with E-state index in [1.54, 1.807) is 0 Å². The summed E-state index contributed by atoms with van der Waals surface area (Å²) in [6, 6.07) is 6.56. The molecule has 0 amide bonds. The summed E-state index contributed by atoms with van der Waals surface area (Å²) in [5.41, 5.74) is 7.57. The Morgan fingerprint density at radius 1 is 1.18 bits per heavy atom. The minimum Gasteiger partial charge on any atom is -0.398 e. The molecule has 1 aromatic rings. The van der Waals surface area contributed by atoms with Crippen molar-refractivity contribution in [1.82, 2.24) is 5.32 Å². The van der Waals surface area contributed by atoms with Crippen molar-refractivity contribution in [3.8, 4) is 0 Å². The maximum atomic E-state index is 6.01. The molecule has 0 aromatic heterocycles. The predicted molar refractivity (Wildman–Crippen MR) is 74.2 cm³/mol. The molecule has 0 saturated heterocycles. The lowest BCUT2D eigenvalue weighted by Gasteiger charge is -2.16. The third-order valence-corrected chi connectivity index (χ3v) is 3.84. The van der Waals surface area contributed by atoms with E-state index < -0.39 is 0 Å². The standard InChI is InChI=1S/C14H21ClN2/c15-13-9-11(7-8-14(13)16)10-17-12-5-3-1-2-4-6-12/h7-9,12,17H,1-6,10,16H2. The summed E-state index contributed by atoms with van der Waals surface area (Å²) in [5, 5.41) is 4.28. The van der Waals surface area contributed by atoms with Gasteiger partial charge in [-0.2, -0.15) is 0 Å². The number of anilines is 1. The van der Waals surface area contributed by atoms with Crippen LogP contribution in [-0.2, 0) is 6.54 Å². The first-order valence-electron chi connectivity index (χ1n) is 6.53. The normalized spacial score (nSPS) is 17.9. The van der Waals surface area contributed by atoms with Crippen molar-refractivity contribution in [3.63, 3.8) is 0 Å². The molecule has 1 fully saturated rings. The number of nitrogens with one attached hydrogen (secondary N) is 1. The van der Waals surface area contributed by atoms with Gasteiger partial charge in [0.2, 0.25) is 0 Å². The van der Waals surface area contributed by atoms with Crippen LogP contribution in [0.3, 0.4) is 0 Å². The van der Waals surface area contributed by atoms with Crippen LogP contribution in [0.2, 0.25) is 5.02 Å². The highest BCUT2D eigenvalue weighted by Crippen LogP contribution is 2.21. The monoisotopic (exact) mass is 252 g/mol. The number of halogens is 1. The number of rotatable bonds is 3. The number of hydrogen-bond acceptors (Lipinski definition) is 2. The Balaban J connectivity index is 1.85. The van der Waals surface area contributed by atoms with E-state index in [1.165, 1.54) is 44.1 Å². The molecule has 1 saturated carbocycles. The van der Waals surface area contributed by atoms with Gasteiger partial charge in [0.15, 0.2) is 0 Å². The molecular formula is C14H21ClN2. The van der Waals surface area contributed by atoms with Gasteiger partial charge < -0.3 is 11.1 Å². The van der Waals surface area contributed by atoms with Crippen LogP contribution in [0.25, 0.3) is 0 Å². The molecule has 0 atom stereocenters. The van der Waals surface area contributed by atoms with E-state index in [9.17, 15) is 0 Å². The second-order valence-corrected chi connectivity index (χ2v) is 5.33. The Morgan fingerprint density at radius 3 is 2.53 bits per heavy atom. The zero-order valence-corrected chi connectivity index (χ0v) is 11.0. The molecule has 2 nitrogen and oxygen atoms in total. The molecule has 2 rings (SSSR count). The lowest BCUT2D eigenvalue weighted by Crippen LogP contribution is -2.27. The Morgan fingerprint density at radius 2 is 1.88 bits per heavy atom. The van der Waals surface area contributed by atoms with Gasteiger partial charge in [0.25, 0.3) is 0 Å². The molecule has 0 radical (unpaired) electrons. The molecular weight excluding hydrogens is 232 g/mol. The van der Waals surface area contributed by atoms with Crippen molar-refractivity contribution in [3.05, 3.63) is 28.8 Å². The fourth-order valence-corrected chi connectivity index (χ4v) is 2.63. The van der Waals surface area contributed by atoms with Crippen molar-refractivity contribution in [2.24, 2.45) is 0 Å². The van der Waals surface area contributed by atoms with Crippen LogP contribution < -0.4 is 11.1 Å². The van der Waals surface area contributed by atoms with Gasteiger partial charge in [0.1, 0.15) is 0 Å². The highest BCUT2D eigenvalue weighted by molar-refractivity contribution is 6.33. The Labute approximate surface area is 109 Å². The zero-order valence-electron chi connectivity index (χ0n) is 10.2. The van der Waals surface area contributed by atoms with Crippen LogP contribution >= 0.6 is 11.6 Å². The molecule has 1 aliphatic carbocycles. The van der Waals surface area contributed by atoms with Gasteiger partial charge in [-0.3, -0.25) is 0 Å². The minimum absolute atomic E-state index is 0.657. The van der Waals surface area contributed by atoms with Gasteiger partial charge in [0.05, 0.1) is 10.7 Å². The summed E-state index contributed by atoms with van der Waals surface area (Å²) in [4.78, 5) is 0. The van der Waals surface area contributed by atoms with Gasteiger partial charge in [-0.1, -0.05) is 43.4 Å². The largest absolute Gasteiger partial charge is 0.398 e. The summed E-state index contributed by atoms with van der Waals surface area (Å²) in [5.74, 6) is 0. The molecule has 3 N–H and O–H groups in total. The maximum Gasteiger partial charge on any atom is 0.0638 e. The Bertz CT molecular complexity index is 357. The van der Waals surface area contributed by atoms with Crippen molar-refractivity contribution < 1.29 is 0 Å². The molecule has 0 aliphatic heterocycles. The van der Waals surface area contributed by atoms with E-state index in [4.69, 9.17) is 17.3 Å². The lowest BCUT2D eigenvalue weighted by molar-refractivity contribution is 0.459. The average molecular weight is 253 g/mol. The van der Waals surface area contributed by atoms with Crippen LogP contribution in [-0.4, -0.2) is 6.04 Å². The van der Waals surface area contributed by atoms with Gasteiger partial charge in [-0.25, -0.2) is 0 Å². The SMILES string of the molecule is Nc1ccc(CNC2CCCCCC2)cc1Cl. The summed E-state index contributed by atoms with van der Waals surface area (Å²) in [6.45, 7) is 0.894. The van der Waals surface area contributed by atoms with E-state index in [1.807, 2.05) is 18.2 Å². The minimum atomic E-state index is 0.657. The predicted octanol–water partition coefficient (Wildman–Crippen LogP) is 3.73. The Hall–Kier alpha value is -0.730. The molecule has 94 valence electrons. The van der Waals surface area contributed by atoms with Gasteiger partial charge in [-0.05, 0) is 30.5 Å². The molecule has 0 heterocycles. The van der Waals surface area contributed by atoms with E-state index in [-0.39, 0.29) is 0 Å². The molecule has 1 aromatic carbocycles. The first-order valence-corrected chi connectivity index (χ1v) is 6.91. The quantitative estimate of drug-likeness (QED) is 0.635. The van der Waals surface area contributed by atoms with E-state index in [0.29, 0.717) is 16.8 Å². The highest BCUT2D eigenvalue weighted by Gasteiger charge is 2.11. The van der Waals surface area contributed by atoms with Crippen LogP contribution in [0.5, 0.6) is 0 Å². The third-order valence-electron chi connectivity index (χ3n) is 3.51. The van der Waals surface area contributed by atoms with Crippen molar-refractivity contribution in [2.75, 3.05) is 5.73 Å². The first-order chi connectivity index (χ1) is 8.25. The Kier molecular flexibility index (Phi) is 4.69. The van der Waals surface area contributed by atoms with Gasteiger partial charge in [0, 0.05) is 12.6 Å². The molecule has 1 aliphatic rings. The van der Waals surface area contributed by atoms with Crippen LogP contribution in [0.15, 0.2) is 18.2 Å². The summed E-state index contributed by atoms with van der Waals surface area (Å²) >= 11 is 6.01. The highest BCUT2D eigenvalue weighted by atomic mass is 35.5. The van der Waals surface area contributed by atoms with Gasteiger partial charge in [-0.15, -0.1) is 0 Å². The molecule has 0 bridgehead atoms. The molecule has 17 heavy (non-hydrogen) atoms. The third kappa shape index (κ3) is 3.90. The lowest BCUT2D eigenvalue weighted by atomic mass is 10.1. The molecule has 0 unspecified atom stereocenters. The molecule has 0 spiro atoms. The number of nitrogens with two attached hydrogens (primary N) is 1. The summed E-state index contributed by atoms with van der Waals surface area (Å²) in [6.07, 6.45) is 8.13. The smallest absolute Gasteiger partial charge is 0.0638 e. The van der Waals surface area contributed by atoms with Crippen LogP contribution in [0.1, 0.15) is 44.1 Å². The summed E-state index contributed by atoms with van der Waals surface area (Å²) < 4.78 is 0. The average Bonchev–Trinajstić information content (AvgIpc) is 2.59. The topological polar surface area (TPSA) is 38.0 Å². The second kappa shape index (κ2) is 6.27. The fraction of sp³-hybridized carbons (Fsp3) is 0.571.